The number of carbonyl (C=O) groups is 4. The van der Waals surface area contributed by atoms with Crippen LogP contribution < -0.4 is 70.3 Å². The zero-order valence-corrected chi connectivity index (χ0v) is 31.5. The molecule has 0 amide bonds. The maximum Gasteiger partial charge on any atom is 1.00 e. The molecule has 4 aromatic rings. The molecule has 0 bridgehead atoms. The molecule has 0 spiro atoms. The van der Waals surface area contributed by atoms with Gasteiger partial charge in [-0.25, -0.2) is 14.4 Å². The number of rotatable bonds is 10. The number of carboxylic acids is 2. The quantitative estimate of drug-likeness (QED) is 0.0771. The van der Waals surface area contributed by atoms with E-state index in [1.165, 1.54) is 66.7 Å². The van der Waals surface area contributed by atoms with Gasteiger partial charge in [0, 0.05) is 27.8 Å². The van der Waals surface area contributed by atoms with Gasteiger partial charge in [0.05, 0.1) is 52.2 Å². The topological polar surface area (TPSA) is 266 Å². The van der Waals surface area contributed by atoms with Crippen molar-refractivity contribution >= 4 is 23.7 Å². The number of aromatic hydroxyl groups is 4. The Kier molecular flexibility index (Phi) is 18.2. The zero-order valence-electron chi connectivity index (χ0n) is 28.4. The Morgan fingerprint density at radius 2 is 0.731 bits per heavy atom. The van der Waals surface area contributed by atoms with Crippen molar-refractivity contribution in [3.63, 3.8) is 0 Å². The predicted octanol–water partition coefficient (Wildman–Crippen LogP) is 2.41. The van der Waals surface area contributed by atoms with Gasteiger partial charge in [-0.05, 0) is 55.5 Å². The molecule has 16 nitrogen and oxygen atoms in total. The van der Waals surface area contributed by atoms with Gasteiger partial charge < -0.3 is 59.8 Å². The number of benzene rings is 4. The van der Waals surface area contributed by atoms with Gasteiger partial charge >= 0.3 is 69.3 Å². The summed E-state index contributed by atoms with van der Waals surface area (Å²) in [6, 6.07) is 9.85. The number of carbonyl (C=O) groups excluding carboxylic acids is 2. The first-order chi connectivity index (χ1) is 23.1. The van der Waals surface area contributed by atoms with Crippen LogP contribution in [0.5, 0.6) is 46.0 Å². The third-order valence-electron chi connectivity index (χ3n) is 7.08. The number of hydrogen-bond donors (Lipinski definition) is 6. The summed E-state index contributed by atoms with van der Waals surface area (Å²) in [5.41, 5.74) is -0.0382. The van der Waals surface area contributed by atoms with Crippen LogP contribution in [0.4, 0.5) is 0 Å². The van der Waals surface area contributed by atoms with E-state index in [-0.39, 0.29) is 149 Å². The molecule has 274 valence electrons. The Balaban J connectivity index is 0.000000946. The van der Waals surface area contributed by atoms with Crippen molar-refractivity contribution in [2.75, 3.05) is 35.5 Å². The van der Waals surface area contributed by atoms with Gasteiger partial charge in [-0.1, -0.05) is 7.43 Å². The van der Waals surface area contributed by atoms with Crippen LogP contribution in [0.1, 0.15) is 55.8 Å². The van der Waals surface area contributed by atoms with Crippen LogP contribution in [0.15, 0.2) is 48.5 Å². The van der Waals surface area contributed by atoms with Crippen LogP contribution in [-0.4, -0.2) is 95.4 Å². The maximum atomic E-state index is 11.9. The van der Waals surface area contributed by atoms with Gasteiger partial charge in [0.2, 0.25) is 0 Å². The average Bonchev–Trinajstić information content (AvgIpc) is 3.08. The van der Waals surface area contributed by atoms with E-state index in [1.54, 1.807) is 0 Å². The number of Topliss-reactive ketones (excluding diaryl/α,β-unsaturated/α-hetero) is 1. The zero-order chi connectivity index (χ0) is 36.7. The molecular formula is C35H37KO16. The van der Waals surface area contributed by atoms with E-state index in [0.29, 0.717) is 0 Å². The summed E-state index contributed by atoms with van der Waals surface area (Å²) in [7, 11) is 6.36. The summed E-state index contributed by atoms with van der Waals surface area (Å²) in [6.45, 7) is 1.36. The first-order valence-corrected chi connectivity index (χ1v) is 13.8. The minimum Gasteiger partial charge on any atom is -0.870 e. The number of phenolic OH excluding ortho intramolecular Hbond substituents is 4. The van der Waals surface area contributed by atoms with Crippen LogP contribution in [0.2, 0.25) is 0 Å². The molecule has 0 saturated carbocycles. The SMILES string of the molecule is C.COC(=O)c1cc(OC)c(O)c(-c2cc(C(C)=O)cc(OC)c2O)c1.COc1cc(C(=O)O)cc(-c2cc(C(=O)O)cc(OC)c2O)c1O.[K+].[OH-]. The molecule has 0 fully saturated rings. The van der Waals surface area contributed by atoms with Crippen molar-refractivity contribution in [2.24, 2.45) is 0 Å². The van der Waals surface area contributed by atoms with Crippen LogP contribution in [0.25, 0.3) is 22.3 Å². The Labute approximate surface area is 340 Å². The van der Waals surface area contributed by atoms with E-state index in [9.17, 15) is 39.6 Å². The molecule has 17 heteroatoms. The molecule has 0 aliphatic heterocycles. The van der Waals surface area contributed by atoms with Crippen LogP contribution in [0.3, 0.4) is 0 Å². The van der Waals surface area contributed by atoms with Crippen molar-refractivity contribution in [3.05, 3.63) is 70.8 Å². The van der Waals surface area contributed by atoms with E-state index < -0.39 is 29.4 Å². The molecule has 0 heterocycles. The van der Waals surface area contributed by atoms with Crippen molar-refractivity contribution in [3.8, 4) is 68.2 Å². The molecule has 4 aromatic carbocycles. The van der Waals surface area contributed by atoms with Gasteiger partial charge in [0.1, 0.15) is 0 Å². The predicted molar refractivity (Wildman–Crippen MR) is 181 cm³/mol. The van der Waals surface area contributed by atoms with Crippen LogP contribution in [0, 0.1) is 0 Å². The van der Waals surface area contributed by atoms with Gasteiger partial charge in [0.25, 0.3) is 0 Å². The number of aromatic carboxylic acids is 2. The molecule has 0 aliphatic rings. The first kappa shape index (κ1) is 47.0. The van der Waals surface area contributed by atoms with E-state index in [1.807, 2.05) is 0 Å². The second kappa shape index (κ2) is 20.1. The number of esters is 1. The number of phenols is 4. The van der Waals surface area contributed by atoms with Gasteiger partial charge in [-0.15, -0.1) is 0 Å². The monoisotopic (exact) mass is 752 g/mol. The van der Waals surface area contributed by atoms with E-state index in [2.05, 4.69) is 4.74 Å². The summed E-state index contributed by atoms with van der Waals surface area (Å²) in [6.07, 6.45) is 0. The number of hydrogen-bond acceptors (Lipinski definition) is 14. The van der Waals surface area contributed by atoms with Crippen LogP contribution >= 0.6 is 0 Å². The van der Waals surface area contributed by atoms with Gasteiger partial charge in [-0.3, -0.25) is 4.79 Å². The fourth-order valence-electron chi connectivity index (χ4n) is 4.56. The Bertz CT molecular complexity index is 1890. The fourth-order valence-corrected chi connectivity index (χ4v) is 4.56. The van der Waals surface area contributed by atoms with Crippen molar-refractivity contribution in [2.45, 2.75) is 14.4 Å². The van der Waals surface area contributed by atoms with Crippen molar-refractivity contribution in [1.29, 1.82) is 0 Å². The normalized spacial score (nSPS) is 9.65. The maximum absolute atomic E-state index is 11.9. The van der Waals surface area contributed by atoms with Crippen LogP contribution in [-0.2, 0) is 4.74 Å². The summed E-state index contributed by atoms with van der Waals surface area (Å²) in [5.74, 6) is -5.12. The van der Waals surface area contributed by atoms with Crippen molar-refractivity contribution < 1.29 is 130 Å². The second-order valence-corrected chi connectivity index (χ2v) is 9.96. The molecular weight excluding hydrogens is 715 g/mol. The number of methoxy groups -OCH3 is 5. The minimum atomic E-state index is -1.28. The Morgan fingerprint density at radius 3 is 0.981 bits per heavy atom. The molecule has 52 heavy (non-hydrogen) atoms. The first-order valence-electron chi connectivity index (χ1n) is 13.8. The largest absolute Gasteiger partial charge is 1.00 e. The molecule has 0 unspecified atom stereocenters. The molecule has 7 N–H and O–H groups in total. The molecule has 0 aliphatic carbocycles. The summed E-state index contributed by atoms with van der Waals surface area (Å²) in [5, 5.41) is 59.7. The summed E-state index contributed by atoms with van der Waals surface area (Å²) >= 11 is 0. The second-order valence-electron chi connectivity index (χ2n) is 9.96. The van der Waals surface area contributed by atoms with E-state index in [0.717, 1.165) is 24.3 Å². The standard InChI is InChI=1S/C18H18O7.C16H14O8.CH4.K.H2O/c1-9(19)10-5-12(16(20)14(7-10)23-2)13-6-11(18(22)25-4)8-15(24-3)17(13)21;1-23-11-5-7(15(19)20)3-9(13(11)17)10-4-8(16(21)22)6-12(24-2)14(10)18;;;/h5-8,20-21H,1-4H3;3-6,17-18H,1-2H3,(H,19,20)(H,21,22);1H4;;1H2/q;;;+1;/p-1. The smallest absolute Gasteiger partial charge is 0.870 e. The van der Waals surface area contributed by atoms with Gasteiger partial charge in [0.15, 0.2) is 51.8 Å². The number of ketones is 1. The third kappa shape index (κ3) is 10.1. The van der Waals surface area contributed by atoms with Crippen molar-refractivity contribution in [1.82, 2.24) is 0 Å². The minimum absolute atomic E-state index is 0. The van der Waals surface area contributed by atoms with Gasteiger partial charge in [-0.2, -0.15) is 0 Å². The molecule has 0 radical (unpaired) electrons. The molecule has 0 saturated heterocycles. The molecule has 0 aromatic heterocycles. The average molecular weight is 753 g/mol. The number of carboxylic acid groups (broad SMARTS) is 2. The molecule has 0 atom stereocenters. The summed E-state index contributed by atoms with van der Waals surface area (Å²) < 4.78 is 24.7. The fraction of sp³-hybridized carbons (Fsp3) is 0.200. The molecule has 4 rings (SSSR count). The summed E-state index contributed by atoms with van der Waals surface area (Å²) in [4.78, 5) is 46.1. The third-order valence-corrected chi connectivity index (χ3v) is 7.08. The Morgan fingerprint density at radius 1 is 0.481 bits per heavy atom. The van der Waals surface area contributed by atoms with E-state index >= 15 is 0 Å². The van der Waals surface area contributed by atoms with E-state index in [4.69, 9.17) is 29.2 Å². The Hall–Kier alpha value is -5.04. The number of ether oxygens (including phenoxy) is 5.